The summed E-state index contributed by atoms with van der Waals surface area (Å²) in [6, 6.07) is 24.6. The number of carbonyl (C=O) groups is 1. The lowest BCUT2D eigenvalue weighted by Gasteiger charge is -2.29. The molecule has 0 bridgehead atoms. The van der Waals surface area contributed by atoms with Gasteiger partial charge in [-0.05, 0) is 16.8 Å². The second kappa shape index (κ2) is 4.99. The smallest absolute Gasteiger partial charge is 0.307 e. The van der Waals surface area contributed by atoms with E-state index in [1.54, 1.807) is 0 Å². The topological polar surface area (TPSA) is 26.3 Å². The third-order valence-corrected chi connectivity index (χ3v) is 4.43. The molecule has 0 saturated carbocycles. The summed E-state index contributed by atoms with van der Waals surface area (Å²) < 4.78 is 5.83. The highest BCUT2D eigenvalue weighted by atomic mass is 16.6. The highest BCUT2D eigenvalue weighted by Crippen LogP contribution is 2.43. The van der Waals surface area contributed by atoms with Crippen LogP contribution in [0.15, 0.2) is 72.8 Å². The number of hydrogen-bond donors (Lipinski definition) is 0. The van der Waals surface area contributed by atoms with Crippen LogP contribution in [0.2, 0.25) is 0 Å². The van der Waals surface area contributed by atoms with E-state index < -0.39 is 5.60 Å². The maximum Gasteiger partial charge on any atom is 0.307 e. The minimum Gasteiger partial charge on any atom is -0.449 e. The van der Waals surface area contributed by atoms with Gasteiger partial charge in [0.2, 0.25) is 0 Å². The van der Waals surface area contributed by atoms with Gasteiger partial charge in [0.15, 0.2) is 5.60 Å². The van der Waals surface area contributed by atoms with Crippen LogP contribution in [0.25, 0.3) is 10.8 Å². The maximum atomic E-state index is 11.8. The molecular formula is C20H16O2. The fraction of sp³-hybridized carbons (Fsp3) is 0.150. The molecule has 0 amide bonds. The van der Waals surface area contributed by atoms with Crippen molar-refractivity contribution in [2.24, 2.45) is 0 Å². The Morgan fingerprint density at radius 2 is 1.50 bits per heavy atom. The van der Waals surface area contributed by atoms with Gasteiger partial charge in [0, 0.05) is 17.5 Å². The third kappa shape index (κ3) is 2.00. The van der Waals surface area contributed by atoms with Gasteiger partial charge in [-0.1, -0.05) is 66.7 Å². The number of cyclic esters (lactones) is 1. The first-order valence-electron chi connectivity index (χ1n) is 7.55. The van der Waals surface area contributed by atoms with Crippen LogP contribution in [0.3, 0.4) is 0 Å². The largest absolute Gasteiger partial charge is 0.449 e. The standard InChI is InChI=1S/C20H16O2/c21-19-12-13-20(22-19,17-8-2-1-3-9-17)18-11-10-15-6-4-5-7-16(15)14-18/h1-11,14H,12-13H2. The second-order valence-electron chi connectivity index (χ2n) is 5.73. The Morgan fingerprint density at radius 3 is 2.23 bits per heavy atom. The van der Waals surface area contributed by atoms with Crippen molar-refractivity contribution in [3.63, 3.8) is 0 Å². The molecule has 2 nitrogen and oxygen atoms in total. The first-order chi connectivity index (χ1) is 10.8. The van der Waals surface area contributed by atoms with Crippen LogP contribution in [-0.2, 0) is 15.1 Å². The Bertz CT molecular complexity index is 838. The van der Waals surface area contributed by atoms with E-state index in [1.807, 2.05) is 42.5 Å². The van der Waals surface area contributed by atoms with E-state index in [4.69, 9.17) is 4.74 Å². The van der Waals surface area contributed by atoms with Crippen molar-refractivity contribution < 1.29 is 9.53 Å². The molecule has 1 heterocycles. The molecule has 0 aromatic heterocycles. The number of hydrogen-bond acceptors (Lipinski definition) is 2. The minimum atomic E-state index is -0.650. The first-order valence-corrected chi connectivity index (χ1v) is 7.55. The van der Waals surface area contributed by atoms with E-state index in [1.165, 1.54) is 10.8 Å². The van der Waals surface area contributed by atoms with E-state index in [0.717, 1.165) is 11.1 Å². The van der Waals surface area contributed by atoms with E-state index in [0.29, 0.717) is 12.8 Å². The highest BCUT2D eigenvalue weighted by Gasteiger charge is 2.43. The number of ether oxygens (including phenoxy) is 1. The van der Waals surface area contributed by atoms with Crippen molar-refractivity contribution in [3.8, 4) is 0 Å². The summed E-state index contributed by atoms with van der Waals surface area (Å²) in [5.74, 6) is -0.128. The molecule has 1 atom stereocenters. The van der Waals surface area contributed by atoms with Crippen molar-refractivity contribution in [1.29, 1.82) is 0 Å². The number of carbonyl (C=O) groups excluding carboxylic acids is 1. The predicted octanol–water partition coefficient (Wildman–Crippen LogP) is 4.42. The fourth-order valence-corrected chi connectivity index (χ4v) is 3.30. The molecule has 0 N–H and O–H groups in total. The lowest BCUT2D eigenvalue weighted by Crippen LogP contribution is -2.27. The van der Waals surface area contributed by atoms with Gasteiger partial charge in [-0.2, -0.15) is 0 Å². The number of esters is 1. The zero-order chi connectivity index (χ0) is 15.0. The van der Waals surface area contributed by atoms with Gasteiger partial charge in [0.1, 0.15) is 0 Å². The van der Waals surface area contributed by atoms with Crippen molar-refractivity contribution in [2.75, 3.05) is 0 Å². The molecule has 4 rings (SSSR count). The number of benzene rings is 3. The van der Waals surface area contributed by atoms with Crippen molar-refractivity contribution in [2.45, 2.75) is 18.4 Å². The average Bonchev–Trinajstić information content (AvgIpc) is 2.98. The molecule has 3 aromatic rings. The summed E-state index contributed by atoms with van der Waals surface area (Å²) in [4.78, 5) is 11.8. The summed E-state index contributed by atoms with van der Waals surface area (Å²) in [7, 11) is 0. The van der Waals surface area contributed by atoms with Crippen LogP contribution in [0, 0.1) is 0 Å². The predicted molar refractivity (Wildman–Crippen MR) is 86.5 cm³/mol. The van der Waals surface area contributed by atoms with Gasteiger partial charge in [-0.15, -0.1) is 0 Å². The molecule has 3 aromatic carbocycles. The van der Waals surface area contributed by atoms with Crippen LogP contribution in [0.4, 0.5) is 0 Å². The summed E-state index contributed by atoms with van der Waals surface area (Å²) >= 11 is 0. The van der Waals surface area contributed by atoms with Crippen molar-refractivity contribution >= 4 is 16.7 Å². The van der Waals surface area contributed by atoms with Gasteiger partial charge < -0.3 is 4.74 Å². The van der Waals surface area contributed by atoms with E-state index >= 15 is 0 Å². The summed E-state index contributed by atoms with van der Waals surface area (Å²) in [5, 5.41) is 2.36. The minimum absolute atomic E-state index is 0.128. The van der Waals surface area contributed by atoms with Gasteiger partial charge in [0.05, 0.1) is 6.42 Å². The summed E-state index contributed by atoms with van der Waals surface area (Å²) in [5.41, 5.74) is 1.43. The molecular weight excluding hydrogens is 272 g/mol. The van der Waals surface area contributed by atoms with Gasteiger partial charge >= 0.3 is 5.97 Å². The average molecular weight is 288 g/mol. The fourth-order valence-electron chi connectivity index (χ4n) is 3.30. The number of fused-ring (bicyclic) bond motifs is 1. The molecule has 1 fully saturated rings. The molecule has 2 heteroatoms. The van der Waals surface area contributed by atoms with E-state index in [2.05, 4.69) is 30.3 Å². The Morgan fingerprint density at radius 1 is 0.773 bits per heavy atom. The van der Waals surface area contributed by atoms with Crippen LogP contribution >= 0.6 is 0 Å². The van der Waals surface area contributed by atoms with E-state index in [9.17, 15) is 4.79 Å². The lowest BCUT2D eigenvalue weighted by molar-refractivity contribution is -0.146. The molecule has 1 unspecified atom stereocenters. The zero-order valence-corrected chi connectivity index (χ0v) is 12.2. The van der Waals surface area contributed by atoms with Crippen molar-refractivity contribution in [3.05, 3.63) is 83.9 Å². The molecule has 1 aliphatic heterocycles. The molecule has 1 saturated heterocycles. The van der Waals surface area contributed by atoms with E-state index in [-0.39, 0.29) is 5.97 Å². The SMILES string of the molecule is O=C1CCC(c2ccccc2)(c2ccc3ccccc3c2)O1. The Balaban J connectivity index is 1.92. The van der Waals surface area contributed by atoms with Gasteiger partial charge in [-0.25, -0.2) is 0 Å². The summed E-state index contributed by atoms with van der Waals surface area (Å²) in [6.07, 6.45) is 1.15. The molecule has 108 valence electrons. The normalized spacial score (nSPS) is 21.0. The Hall–Kier alpha value is -2.61. The molecule has 0 spiro atoms. The van der Waals surface area contributed by atoms with Crippen LogP contribution < -0.4 is 0 Å². The van der Waals surface area contributed by atoms with Crippen LogP contribution in [0.1, 0.15) is 24.0 Å². The number of rotatable bonds is 2. The van der Waals surface area contributed by atoms with Gasteiger partial charge in [0.25, 0.3) is 0 Å². The lowest BCUT2D eigenvalue weighted by atomic mass is 9.83. The molecule has 0 aliphatic carbocycles. The monoisotopic (exact) mass is 288 g/mol. The van der Waals surface area contributed by atoms with Crippen molar-refractivity contribution in [1.82, 2.24) is 0 Å². The zero-order valence-electron chi connectivity index (χ0n) is 12.2. The quantitative estimate of drug-likeness (QED) is 0.652. The molecule has 22 heavy (non-hydrogen) atoms. The van der Waals surface area contributed by atoms with Gasteiger partial charge in [-0.3, -0.25) is 4.79 Å². The Kier molecular flexibility index (Phi) is 2.97. The Labute approximate surface area is 129 Å². The summed E-state index contributed by atoms with van der Waals surface area (Å²) in [6.45, 7) is 0. The second-order valence-corrected chi connectivity index (χ2v) is 5.73. The third-order valence-electron chi connectivity index (χ3n) is 4.43. The van der Waals surface area contributed by atoms with Crippen LogP contribution in [0.5, 0.6) is 0 Å². The molecule has 1 aliphatic rings. The highest BCUT2D eigenvalue weighted by molar-refractivity contribution is 5.84. The molecule has 0 radical (unpaired) electrons. The maximum absolute atomic E-state index is 11.8. The van der Waals surface area contributed by atoms with Crippen LogP contribution in [-0.4, -0.2) is 5.97 Å². The first kappa shape index (κ1) is 13.1.